The minimum Gasteiger partial charge on any atom is -0.392 e. The molecule has 9 heteroatoms. The van der Waals surface area contributed by atoms with Crippen molar-refractivity contribution in [3.63, 3.8) is 0 Å². The third-order valence-electron chi connectivity index (χ3n) is 7.73. The number of aromatic amines is 1. The van der Waals surface area contributed by atoms with E-state index in [-0.39, 0.29) is 18.7 Å². The summed E-state index contributed by atoms with van der Waals surface area (Å²) in [6, 6.07) is 17.6. The van der Waals surface area contributed by atoms with Gasteiger partial charge in [-0.25, -0.2) is 14.6 Å². The molecule has 204 valence electrons. The van der Waals surface area contributed by atoms with E-state index in [0.29, 0.717) is 37.4 Å². The molecule has 4 heterocycles. The predicted octanol–water partition coefficient (Wildman–Crippen LogP) is 5.04. The fraction of sp³-hybridized carbons (Fsp3) is 0.258. The van der Waals surface area contributed by atoms with Crippen LogP contribution in [0.1, 0.15) is 28.8 Å². The van der Waals surface area contributed by atoms with E-state index in [1.807, 2.05) is 53.4 Å². The molecule has 0 unspecified atom stereocenters. The van der Waals surface area contributed by atoms with Crippen LogP contribution < -0.4 is 5.32 Å². The molecule has 4 amide bonds. The van der Waals surface area contributed by atoms with Crippen molar-refractivity contribution < 1.29 is 14.7 Å². The van der Waals surface area contributed by atoms with Crippen molar-refractivity contribution >= 4 is 34.4 Å². The number of nitrogens with zero attached hydrogens (tertiary/aromatic N) is 4. The van der Waals surface area contributed by atoms with Gasteiger partial charge in [0.15, 0.2) is 0 Å². The van der Waals surface area contributed by atoms with Gasteiger partial charge in [0.05, 0.1) is 6.61 Å². The highest BCUT2D eigenvalue weighted by Crippen LogP contribution is 2.36. The summed E-state index contributed by atoms with van der Waals surface area (Å²) >= 11 is 0. The van der Waals surface area contributed by atoms with Crippen LogP contribution in [-0.4, -0.2) is 69.0 Å². The van der Waals surface area contributed by atoms with Gasteiger partial charge < -0.3 is 30.1 Å². The molecule has 3 N–H and O–H groups in total. The van der Waals surface area contributed by atoms with E-state index in [1.54, 1.807) is 30.1 Å². The van der Waals surface area contributed by atoms with Gasteiger partial charge in [-0.3, -0.25) is 0 Å². The maximum Gasteiger partial charge on any atom is 0.322 e. The molecule has 2 aromatic carbocycles. The lowest BCUT2D eigenvalue weighted by atomic mass is 9.96. The van der Waals surface area contributed by atoms with Crippen LogP contribution in [0.25, 0.3) is 27.7 Å². The molecule has 9 nitrogen and oxygen atoms in total. The maximum atomic E-state index is 13.2. The lowest BCUT2D eigenvalue weighted by Crippen LogP contribution is -2.41. The van der Waals surface area contributed by atoms with Gasteiger partial charge in [0.2, 0.25) is 0 Å². The SMILES string of the molecule is CN(C)C(=O)N1CC=C(c2cc3c(-c4cccc(NC(=O)N5Cc6ccccc6C5)c4CO)ccnc3[nH]2)CC1. The van der Waals surface area contributed by atoms with Crippen molar-refractivity contribution in [1.82, 2.24) is 24.7 Å². The molecule has 2 aliphatic heterocycles. The van der Waals surface area contributed by atoms with Gasteiger partial charge in [-0.1, -0.05) is 42.5 Å². The molecule has 0 saturated heterocycles. The molecule has 6 rings (SSSR count). The standard InChI is InChI=1S/C31H32N6O3/c1-35(2)31(40)36-14-11-20(12-15-36)28-16-25-24(10-13-32-29(25)33-28)23-8-5-9-27(26(23)19-38)34-30(39)37-17-21-6-3-4-7-22(21)18-37/h3-11,13,16,38H,12,14-15,17-19H2,1-2H3,(H,32,33)(H,34,39). The molecular formula is C31H32N6O3. The molecule has 0 fully saturated rings. The minimum atomic E-state index is -0.228. The van der Waals surface area contributed by atoms with Crippen molar-refractivity contribution in [1.29, 1.82) is 0 Å². The van der Waals surface area contributed by atoms with Crippen LogP contribution in [0.15, 0.2) is 66.9 Å². The fourth-order valence-corrected chi connectivity index (χ4v) is 5.60. The molecule has 0 atom stereocenters. The van der Waals surface area contributed by atoms with Crippen molar-refractivity contribution in [2.45, 2.75) is 26.1 Å². The van der Waals surface area contributed by atoms with Crippen molar-refractivity contribution in [2.24, 2.45) is 0 Å². The number of pyridine rings is 1. The van der Waals surface area contributed by atoms with Crippen LogP contribution in [0.3, 0.4) is 0 Å². The topological polar surface area (TPSA) is 105 Å². The zero-order valence-electron chi connectivity index (χ0n) is 22.6. The maximum absolute atomic E-state index is 13.2. The predicted molar refractivity (Wildman–Crippen MR) is 155 cm³/mol. The number of hydrogen-bond acceptors (Lipinski definition) is 4. The molecule has 2 aliphatic rings. The van der Waals surface area contributed by atoms with Gasteiger partial charge >= 0.3 is 12.1 Å². The Morgan fingerprint density at radius 2 is 1.80 bits per heavy atom. The Kier molecular flexibility index (Phi) is 6.73. The zero-order chi connectivity index (χ0) is 27.8. The molecule has 0 radical (unpaired) electrons. The van der Waals surface area contributed by atoms with E-state index in [4.69, 9.17) is 0 Å². The Bertz CT molecular complexity index is 1610. The average molecular weight is 537 g/mol. The Morgan fingerprint density at radius 1 is 1.02 bits per heavy atom. The number of rotatable bonds is 4. The first kappa shape index (κ1) is 25.6. The van der Waals surface area contributed by atoms with Crippen molar-refractivity contribution in [3.8, 4) is 11.1 Å². The molecule has 2 aromatic heterocycles. The highest BCUT2D eigenvalue weighted by molar-refractivity contribution is 5.98. The quantitative estimate of drug-likeness (QED) is 0.340. The molecule has 0 spiro atoms. The van der Waals surface area contributed by atoms with E-state index in [0.717, 1.165) is 51.0 Å². The van der Waals surface area contributed by atoms with Crippen LogP contribution in [-0.2, 0) is 19.7 Å². The van der Waals surface area contributed by atoms with Crippen molar-refractivity contribution in [3.05, 3.63) is 89.3 Å². The van der Waals surface area contributed by atoms with Gasteiger partial charge in [-0.2, -0.15) is 0 Å². The third kappa shape index (κ3) is 4.69. The number of hydrogen-bond donors (Lipinski definition) is 3. The molecule has 4 aromatic rings. The summed E-state index contributed by atoms with van der Waals surface area (Å²) in [6.45, 7) is 2.10. The summed E-state index contributed by atoms with van der Waals surface area (Å²) in [6.07, 6.45) is 4.57. The van der Waals surface area contributed by atoms with Crippen LogP contribution in [0, 0.1) is 0 Å². The van der Waals surface area contributed by atoms with Crippen LogP contribution in [0.5, 0.6) is 0 Å². The lowest BCUT2D eigenvalue weighted by molar-refractivity contribution is 0.176. The Hall–Kier alpha value is -4.63. The summed E-state index contributed by atoms with van der Waals surface area (Å²) < 4.78 is 0. The lowest BCUT2D eigenvalue weighted by Gasteiger charge is -2.28. The van der Waals surface area contributed by atoms with Gasteiger partial charge in [0.1, 0.15) is 5.65 Å². The number of H-pyrrole nitrogens is 1. The molecule has 0 aliphatic carbocycles. The number of fused-ring (bicyclic) bond motifs is 2. The number of carbonyl (C=O) groups excluding carboxylic acids is 2. The van der Waals surface area contributed by atoms with E-state index in [2.05, 4.69) is 27.4 Å². The van der Waals surface area contributed by atoms with Gasteiger partial charge in [-0.05, 0) is 52.4 Å². The smallest absolute Gasteiger partial charge is 0.322 e. The summed E-state index contributed by atoms with van der Waals surface area (Å²) in [4.78, 5) is 38.7. The van der Waals surface area contributed by atoms with Crippen LogP contribution in [0.4, 0.5) is 15.3 Å². The van der Waals surface area contributed by atoms with Gasteiger partial charge in [-0.15, -0.1) is 0 Å². The van der Waals surface area contributed by atoms with Crippen LogP contribution >= 0.6 is 0 Å². The first-order valence-corrected chi connectivity index (χ1v) is 13.4. The highest BCUT2D eigenvalue weighted by atomic mass is 16.3. The Balaban J connectivity index is 1.28. The normalized spacial score (nSPS) is 14.7. The number of aromatic nitrogens is 2. The Morgan fingerprint density at radius 3 is 2.48 bits per heavy atom. The number of aliphatic hydroxyl groups is 1. The molecule has 0 bridgehead atoms. The second kappa shape index (κ2) is 10.5. The van der Waals surface area contributed by atoms with E-state index in [9.17, 15) is 14.7 Å². The summed E-state index contributed by atoms with van der Waals surface area (Å²) in [5.41, 5.74) is 8.15. The molecular weight excluding hydrogens is 504 g/mol. The number of anilines is 1. The number of nitrogens with one attached hydrogen (secondary N) is 2. The second-order valence-corrected chi connectivity index (χ2v) is 10.5. The average Bonchev–Trinajstić information content (AvgIpc) is 3.61. The number of aliphatic hydroxyl groups excluding tert-OH is 1. The Labute approximate surface area is 232 Å². The molecule has 40 heavy (non-hydrogen) atoms. The van der Waals surface area contributed by atoms with Crippen LogP contribution in [0.2, 0.25) is 0 Å². The number of urea groups is 2. The van der Waals surface area contributed by atoms with Gasteiger partial charge in [0, 0.05) is 68.8 Å². The minimum absolute atomic E-state index is 0.00803. The number of carbonyl (C=O) groups is 2. The van der Waals surface area contributed by atoms with Crippen molar-refractivity contribution in [2.75, 3.05) is 32.5 Å². The molecule has 0 saturated carbocycles. The highest BCUT2D eigenvalue weighted by Gasteiger charge is 2.25. The largest absolute Gasteiger partial charge is 0.392 e. The third-order valence-corrected chi connectivity index (χ3v) is 7.73. The monoisotopic (exact) mass is 536 g/mol. The first-order valence-electron chi connectivity index (χ1n) is 13.4. The number of amides is 4. The summed E-state index contributed by atoms with van der Waals surface area (Å²) in [5.74, 6) is 0. The van der Waals surface area contributed by atoms with Gasteiger partial charge in [0.25, 0.3) is 0 Å². The zero-order valence-corrected chi connectivity index (χ0v) is 22.6. The summed E-state index contributed by atoms with van der Waals surface area (Å²) in [7, 11) is 3.53. The number of benzene rings is 2. The second-order valence-electron chi connectivity index (χ2n) is 10.5. The van der Waals surface area contributed by atoms with E-state index >= 15 is 0 Å². The first-order chi connectivity index (χ1) is 19.4. The van der Waals surface area contributed by atoms with E-state index < -0.39 is 0 Å². The summed E-state index contributed by atoms with van der Waals surface area (Å²) in [5, 5.41) is 14.4. The van der Waals surface area contributed by atoms with E-state index in [1.165, 1.54) is 0 Å². The fourth-order valence-electron chi connectivity index (χ4n) is 5.60.